The topological polar surface area (TPSA) is 87.0 Å². The lowest BCUT2D eigenvalue weighted by Gasteiger charge is -2.21. The number of aromatic nitrogens is 2. The third kappa shape index (κ3) is 3.87. The van der Waals surface area contributed by atoms with Gasteiger partial charge in [0.1, 0.15) is 29.0 Å². The quantitative estimate of drug-likeness (QED) is 0.672. The van der Waals surface area contributed by atoms with Gasteiger partial charge in [0, 0.05) is 5.92 Å². The van der Waals surface area contributed by atoms with E-state index in [9.17, 15) is 0 Å². The summed E-state index contributed by atoms with van der Waals surface area (Å²) in [7, 11) is 0. The Balaban J connectivity index is 1.57. The molecule has 5 nitrogen and oxygen atoms in total. The van der Waals surface area contributed by atoms with Crippen LogP contribution in [0.1, 0.15) is 43.8 Å². The van der Waals surface area contributed by atoms with E-state index in [2.05, 4.69) is 9.97 Å². The number of nitrogens with zero attached hydrogens (tertiary/aromatic N) is 2. The minimum atomic E-state index is 0.374. The van der Waals surface area contributed by atoms with Crippen molar-refractivity contribution in [2.45, 2.75) is 38.0 Å². The Morgan fingerprint density at radius 3 is 1.96 bits per heavy atom. The van der Waals surface area contributed by atoms with E-state index in [1.807, 2.05) is 54.6 Å². The Labute approximate surface area is 159 Å². The van der Waals surface area contributed by atoms with Crippen LogP contribution >= 0.6 is 0 Å². The highest BCUT2D eigenvalue weighted by atomic mass is 16.5. The second-order valence-corrected chi connectivity index (χ2v) is 7.00. The molecule has 27 heavy (non-hydrogen) atoms. The summed E-state index contributed by atoms with van der Waals surface area (Å²) in [6.45, 7) is 0. The van der Waals surface area contributed by atoms with Crippen molar-refractivity contribution in [3.8, 4) is 22.6 Å². The van der Waals surface area contributed by atoms with E-state index >= 15 is 0 Å². The summed E-state index contributed by atoms with van der Waals surface area (Å²) in [6, 6.07) is 17.3. The maximum Gasteiger partial charge on any atom is 0.137 e. The van der Waals surface area contributed by atoms with Crippen LogP contribution in [0, 0.1) is 0 Å². The Morgan fingerprint density at radius 1 is 0.741 bits per heavy atom. The molecule has 0 atom stereocenters. The van der Waals surface area contributed by atoms with E-state index in [4.69, 9.17) is 16.2 Å². The number of ether oxygens (including phenoxy) is 1. The van der Waals surface area contributed by atoms with Gasteiger partial charge in [-0.2, -0.15) is 0 Å². The fourth-order valence-corrected chi connectivity index (χ4v) is 3.67. The van der Waals surface area contributed by atoms with Gasteiger partial charge in [-0.3, -0.25) is 0 Å². The molecule has 3 aromatic rings. The smallest absolute Gasteiger partial charge is 0.137 e. The molecule has 0 amide bonds. The number of hydrogen-bond acceptors (Lipinski definition) is 5. The molecule has 0 unspecified atom stereocenters. The van der Waals surface area contributed by atoms with Crippen molar-refractivity contribution in [1.29, 1.82) is 0 Å². The Kier molecular flexibility index (Phi) is 4.92. The third-order valence-corrected chi connectivity index (χ3v) is 5.07. The standard InChI is InChI=1S/C22H24N4O/c23-20-19(21(24)26-22(25-20)16-7-3-1-4-8-16)15-11-13-18(14-12-15)27-17-9-5-2-6-10-17/h2,5-6,9-14,16H,1,3-4,7-8H2,(H4,23,24,25,26). The zero-order valence-corrected chi connectivity index (χ0v) is 15.3. The van der Waals surface area contributed by atoms with Crippen molar-refractivity contribution in [2.24, 2.45) is 0 Å². The number of rotatable bonds is 4. The van der Waals surface area contributed by atoms with Gasteiger partial charge in [0.25, 0.3) is 0 Å². The molecule has 4 N–H and O–H groups in total. The molecular weight excluding hydrogens is 336 g/mol. The van der Waals surface area contributed by atoms with Crippen LogP contribution in [0.15, 0.2) is 54.6 Å². The average molecular weight is 360 g/mol. The second kappa shape index (κ2) is 7.66. The maximum absolute atomic E-state index is 6.26. The van der Waals surface area contributed by atoms with Crippen LogP contribution in [0.3, 0.4) is 0 Å². The van der Waals surface area contributed by atoms with Crippen LogP contribution in [0.5, 0.6) is 11.5 Å². The first kappa shape index (κ1) is 17.3. The molecule has 1 fully saturated rings. The lowest BCUT2D eigenvalue weighted by atomic mass is 9.88. The van der Waals surface area contributed by atoms with Gasteiger partial charge >= 0.3 is 0 Å². The highest BCUT2D eigenvalue weighted by molar-refractivity contribution is 5.82. The lowest BCUT2D eigenvalue weighted by molar-refractivity contribution is 0.429. The predicted molar refractivity (Wildman–Crippen MR) is 109 cm³/mol. The van der Waals surface area contributed by atoms with Crippen molar-refractivity contribution < 1.29 is 4.74 Å². The number of anilines is 2. The number of nitrogens with two attached hydrogens (primary N) is 2. The van der Waals surface area contributed by atoms with Crippen molar-refractivity contribution in [3.05, 3.63) is 60.4 Å². The van der Waals surface area contributed by atoms with Gasteiger partial charge in [-0.05, 0) is 42.7 Å². The molecule has 1 aromatic heterocycles. The largest absolute Gasteiger partial charge is 0.457 e. The van der Waals surface area contributed by atoms with Crippen LogP contribution in [-0.2, 0) is 0 Å². The molecular formula is C22H24N4O. The van der Waals surface area contributed by atoms with Crippen LogP contribution in [0.25, 0.3) is 11.1 Å². The molecule has 0 spiro atoms. The second-order valence-electron chi connectivity index (χ2n) is 7.00. The van der Waals surface area contributed by atoms with Crippen LogP contribution in [0.4, 0.5) is 11.6 Å². The highest BCUT2D eigenvalue weighted by Gasteiger charge is 2.21. The SMILES string of the molecule is Nc1nc(C2CCCCC2)nc(N)c1-c1ccc(Oc2ccccc2)cc1. The minimum Gasteiger partial charge on any atom is -0.457 e. The van der Waals surface area contributed by atoms with Crippen LogP contribution < -0.4 is 16.2 Å². The van der Waals surface area contributed by atoms with Gasteiger partial charge in [0.2, 0.25) is 0 Å². The molecule has 1 heterocycles. The lowest BCUT2D eigenvalue weighted by Crippen LogP contribution is -2.13. The number of hydrogen-bond donors (Lipinski definition) is 2. The van der Waals surface area contributed by atoms with Gasteiger partial charge < -0.3 is 16.2 Å². The van der Waals surface area contributed by atoms with Gasteiger partial charge in [0.05, 0.1) is 5.56 Å². The van der Waals surface area contributed by atoms with E-state index in [0.717, 1.165) is 35.7 Å². The summed E-state index contributed by atoms with van der Waals surface area (Å²) in [5, 5.41) is 0. The molecule has 0 saturated heterocycles. The summed E-state index contributed by atoms with van der Waals surface area (Å²) >= 11 is 0. The van der Waals surface area contributed by atoms with Crippen LogP contribution in [-0.4, -0.2) is 9.97 Å². The van der Waals surface area contributed by atoms with Crippen molar-refractivity contribution in [3.63, 3.8) is 0 Å². The number of para-hydroxylation sites is 1. The molecule has 5 heteroatoms. The summed E-state index contributed by atoms with van der Waals surface area (Å²) in [4.78, 5) is 9.16. The van der Waals surface area contributed by atoms with Crippen molar-refractivity contribution in [2.75, 3.05) is 11.5 Å². The van der Waals surface area contributed by atoms with Crippen LogP contribution in [0.2, 0.25) is 0 Å². The zero-order chi connectivity index (χ0) is 18.6. The third-order valence-electron chi connectivity index (χ3n) is 5.07. The molecule has 138 valence electrons. The molecule has 0 bridgehead atoms. The summed E-state index contributed by atoms with van der Waals surface area (Å²) < 4.78 is 5.83. The molecule has 2 aromatic carbocycles. The summed E-state index contributed by atoms with van der Waals surface area (Å²) in [6.07, 6.45) is 5.96. The van der Waals surface area contributed by atoms with Gasteiger partial charge in [-0.15, -0.1) is 0 Å². The summed E-state index contributed by atoms with van der Waals surface area (Å²) in [5.74, 6) is 3.60. The first-order valence-electron chi connectivity index (χ1n) is 9.47. The predicted octanol–water partition coefficient (Wildman–Crippen LogP) is 5.15. The van der Waals surface area contributed by atoms with E-state index in [1.165, 1.54) is 19.3 Å². The molecule has 1 aliphatic rings. The Morgan fingerprint density at radius 2 is 1.33 bits per heavy atom. The monoisotopic (exact) mass is 360 g/mol. The van der Waals surface area contributed by atoms with Gasteiger partial charge in [0.15, 0.2) is 0 Å². The fourth-order valence-electron chi connectivity index (χ4n) is 3.67. The van der Waals surface area contributed by atoms with E-state index in [1.54, 1.807) is 0 Å². The summed E-state index contributed by atoms with van der Waals surface area (Å²) in [5.41, 5.74) is 14.1. The van der Waals surface area contributed by atoms with Gasteiger partial charge in [-0.25, -0.2) is 9.97 Å². The fraction of sp³-hybridized carbons (Fsp3) is 0.273. The van der Waals surface area contributed by atoms with E-state index in [-0.39, 0.29) is 0 Å². The Hall–Kier alpha value is -3.08. The first-order valence-corrected chi connectivity index (χ1v) is 9.47. The first-order chi connectivity index (χ1) is 13.2. The normalized spacial score (nSPS) is 14.8. The number of nitrogen functional groups attached to an aromatic ring is 2. The molecule has 1 aliphatic carbocycles. The van der Waals surface area contributed by atoms with Crippen molar-refractivity contribution >= 4 is 11.6 Å². The maximum atomic E-state index is 6.26. The zero-order valence-electron chi connectivity index (χ0n) is 15.3. The molecule has 1 saturated carbocycles. The number of benzene rings is 2. The minimum absolute atomic E-state index is 0.374. The van der Waals surface area contributed by atoms with Gasteiger partial charge in [-0.1, -0.05) is 49.6 Å². The Bertz CT molecular complexity index is 880. The molecule has 0 radical (unpaired) electrons. The van der Waals surface area contributed by atoms with E-state index < -0.39 is 0 Å². The van der Waals surface area contributed by atoms with Crippen molar-refractivity contribution in [1.82, 2.24) is 9.97 Å². The molecule has 0 aliphatic heterocycles. The van der Waals surface area contributed by atoms with E-state index in [0.29, 0.717) is 23.1 Å². The highest BCUT2D eigenvalue weighted by Crippen LogP contribution is 2.36. The average Bonchev–Trinajstić information content (AvgIpc) is 2.70. The molecule has 4 rings (SSSR count).